The predicted octanol–water partition coefficient (Wildman–Crippen LogP) is 10.1. The quantitative estimate of drug-likeness (QED) is 0.243. The summed E-state index contributed by atoms with van der Waals surface area (Å²) in [6.45, 7) is 7.42. The molecule has 201 valence electrons. The average molecular weight is 716 g/mol. The Morgan fingerprint density at radius 2 is 1.08 bits per heavy atom. The minimum atomic E-state index is 0. The molecule has 1 radical (unpaired) electrons. The second-order valence-corrected chi connectivity index (χ2v) is 12.9. The summed E-state index contributed by atoms with van der Waals surface area (Å²) in [5.74, 6) is 0. The van der Waals surface area contributed by atoms with Crippen molar-refractivity contribution in [1.82, 2.24) is 0 Å². The largest absolute Gasteiger partial charge is 0.656 e. The predicted molar refractivity (Wildman–Crippen MR) is 153 cm³/mol. The number of nitrogens with zero attached hydrogens (tertiary/aromatic N) is 3. The van der Waals surface area contributed by atoms with Gasteiger partial charge < -0.3 is 16.0 Å². The van der Waals surface area contributed by atoms with Crippen molar-refractivity contribution >= 4 is 34.0 Å². The van der Waals surface area contributed by atoms with E-state index in [2.05, 4.69) is 65.5 Å². The molecular weight excluding hydrogens is 679 g/mol. The fourth-order valence-corrected chi connectivity index (χ4v) is 7.17. The van der Waals surface area contributed by atoms with Crippen LogP contribution >= 0.6 is 34.0 Å². The molecule has 3 atom stereocenters. The van der Waals surface area contributed by atoms with Crippen molar-refractivity contribution in [2.45, 2.75) is 89.8 Å². The smallest absolute Gasteiger partial charge is 0 e. The molecule has 36 heavy (non-hydrogen) atoms. The summed E-state index contributed by atoms with van der Waals surface area (Å²) < 4.78 is 0. The maximum atomic E-state index is 4.59. The first kappa shape index (κ1) is 30.2. The van der Waals surface area contributed by atoms with Gasteiger partial charge in [0, 0.05) is 20.1 Å². The van der Waals surface area contributed by atoms with Gasteiger partial charge in [-0.25, -0.2) is 36.4 Å². The normalized spacial score (nSPS) is 23.9. The summed E-state index contributed by atoms with van der Waals surface area (Å²) in [5, 5.41) is 15.8. The third kappa shape index (κ3) is 9.74. The zero-order valence-corrected chi connectivity index (χ0v) is 26.3. The summed E-state index contributed by atoms with van der Waals surface area (Å²) in [6.07, 6.45) is 11.5. The molecule has 0 amide bonds. The Hall–Kier alpha value is -0.371. The second-order valence-electron chi connectivity index (χ2n) is 9.41. The Morgan fingerprint density at radius 1 is 0.639 bits per heavy atom. The fraction of sp³-hybridized carbons (Fsp3) is 0.586. The van der Waals surface area contributed by atoms with E-state index in [-0.39, 0.29) is 20.1 Å². The van der Waals surface area contributed by atoms with Gasteiger partial charge in [0.05, 0.1) is 0 Å². The van der Waals surface area contributed by atoms with E-state index in [0.29, 0.717) is 18.1 Å². The molecule has 3 nitrogen and oxygen atoms in total. The van der Waals surface area contributed by atoms with Crippen LogP contribution in [-0.2, 0) is 20.1 Å². The zero-order chi connectivity index (χ0) is 24.3. The van der Waals surface area contributed by atoms with Crippen LogP contribution in [0.2, 0.25) is 0 Å². The molecule has 3 saturated heterocycles. The summed E-state index contributed by atoms with van der Waals surface area (Å²) >= 11 is 5.47. The van der Waals surface area contributed by atoms with Crippen molar-refractivity contribution in [2.75, 3.05) is 19.6 Å². The third-order valence-corrected chi connectivity index (χ3v) is 9.49. The van der Waals surface area contributed by atoms with Gasteiger partial charge in [0.15, 0.2) is 0 Å². The molecule has 3 aliphatic rings. The molecule has 0 aromatic carbocycles. The van der Waals surface area contributed by atoms with E-state index in [4.69, 9.17) is 0 Å². The molecular formula is C29H37IrN3S3-6. The molecule has 3 aromatic rings. The van der Waals surface area contributed by atoms with Gasteiger partial charge in [0.2, 0.25) is 0 Å². The van der Waals surface area contributed by atoms with Crippen molar-refractivity contribution < 1.29 is 20.1 Å². The van der Waals surface area contributed by atoms with Crippen LogP contribution < -0.4 is 0 Å². The summed E-state index contributed by atoms with van der Waals surface area (Å²) in [6, 6.07) is 17.4. The minimum absolute atomic E-state index is 0. The zero-order valence-electron chi connectivity index (χ0n) is 21.4. The van der Waals surface area contributed by atoms with Crippen molar-refractivity contribution in [3.63, 3.8) is 0 Å². The SMILES string of the molecule is Cc1c[c-]c(C2CCCC[N-]2)s1.Cc1c[c-]c(C2CCCC[N-]2)s1.[Ir].[c-]1ccsc1C1CCCC[N-]1. The van der Waals surface area contributed by atoms with Gasteiger partial charge in [-0.1, -0.05) is 71.6 Å². The molecule has 7 heteroatoms. The molecule has 0 spiro atoms. The van der Waals surface area contributed by atoms with Crippen molar-refractivity contribution in [3.05, 3.63) is 82.1 Å². The minimum Gasteiger partial charge on any atom is -0.656 e. The Balaban J connectivity index is 0.000000149. The van der Waals surface area contributed by atoms with E-state index in [1.807, 2.05) is 28.7 Å². The standard InChI is InChI=1S/2C10H13NS.C9H11NS.Ir/c2*1-8-5-6-10(12-8)9-4-2-3-7-11-9;1-2-6-10-8(4-1)9-5-3-7-11-9;/h2*5,9H,2-4,7H2,1H3;3,7-8H,1-2,4,6H2;/q3*-2;. The van der Waals surface area contributed by atoms with Crippen molar-refractivity contribution in [2.24, 2.45) is 0 Å². The molecule has 3 unspecified atom stereocenters. The van der Waals surface area contributed by atoms with Gasteiger partial charge in [-0.3, -0.25) is 34.0 Å². The molecule has 0 N–H and O–H groups in total. The molecule has 3 aromatic heterocycles. The van der Waals surface area contributed by atoms with Crippen LogP contribution in [0.15, 0.2) is 23.6 Å². The van der Waals surface area contributed by atoms with E-state index in [9.17, 15) is 0 Å². The number of thiophene rings is 3. The van der Waals surface area contributed by atoms with Gasteiger partial charge in [-0.2, -0.15) is 5.38 Å². The van der Waals surface area contributed by atoms with Crippen LogP contribution in [-0.4, -0.2) is 19.6 Å². The van der Waals surface area contributed by atoms with Crippen LogP contribution in [0.3, 0.4) is 0 Å². The van der Waals surface area contributed by atoms with Crippen LogP contribution in [0.5, 0.6) is 0 Å². The maximum absolute atomic E-state index is 4.59. The van der Waals surface area contributed by atoms with Crippen molar-refractivity contribution in [3.8, 4) is 0 Å². The molecule has 0 aliphatic carbocycles. The number of aryl methyl sites for hydroxylation is 2. The number of hydrogen-bond acceptors (Lipinski definition) is 3. The summed E-state index contributed by atoms with van der Waals surface area (Å²) in [5.41, 5.74) is 0. The Kier molecular flexibility index (Phi) is 13.9. The Morgan fingerprint density at radius 3 is 1.39 bits per heavy atom. The molecule has 3 aliphatic heterocycles. The van der Waals surface area contributed by atoms with E-state index in [0.717, 1.165) is 19.6 Å². The first-order chi connectivity index (χ1) is 17.2. The summed E-state index contributed by atoms with van der Waals surface area (Å²) in [4.78, 5) is 6.71. The van der Waals surface area contributed by atoms with E-state index < -0.39 is 0 Å². The van der Waals surface area contributed by atoms with Crippen LogP contribution in [0, 0.1) is 32.0 Å². The van der Waals surface area contributed by atoms with Crippen LogP contribution in [0.25, 0.3) is 16.0 Å². The number of rotatable bonds is 3. The molecule has 6 rings (SSSR count). The molecule has 3 fully saturated rings. The monoisotopic (exact) mass is 716 g/mol. The number of hydrogen-bond donors (Lipinski definition) is 0. The molecule has 0 bridgehead atoms. The topological polar surface area (TPSA) is 42.3 Å². The van der Waals surface area contributed by atoms with Gasteiger partial charge in [0.25, 0.3) is 0 Å². The van der Waals surface area contributed by atoms with E-state index >= 15 is 0 Å². The third-order valence-electron chi connectivity index (χ3n) is 6.48. The van der Waals surface area contributed by atoms with Gasteiger partial charge >= 0.3 is 0 Å². The Labute approximate surface area is 244 Å². The Bertz CT molecular complexity index is 896. The fourth-order valence-electron chi connectivity index (χ4n) is 4.58. The molecule has 6 heterocycles. The number of piperidine rings is 3. The maximum Gasteiger partial charge on any atom is 0 e. The first-order valence-electron chi connectivity index (χ1n) is 13.1. The van der Waals surface area contributed by atoms with Gasteiger partial charge in [0.1, 0.15) is 0 Å². The van der Waals surface area contributed by atoms with Crippen LogP contribution in [0.1, 0.15) is 100 Å². The average Bonchev–Trinajstić information content (AvgIpc) is 3.69. The van der Waals surface area contributed by atoms with Crippen LogP contribution in [0.4, 0.5) is 0 Å². The van der Waals surface area contributed by atoms with Gasteiger partial charge in [-0.05, 0) is 0 Å². The second kappa shape index (κ2) is 16.6. The molecule has 0 saturated carbocycles. The van der Waals surface area contributed by atoms with E-state index in [1.54, 1.807) is 11.3 Å². The summed E-state index contributed by atoms with van der Waals surface area (Å²) in [7, 11) is 0. The first-order valence-corrected chi connectivity index (χ1v) is 15.6. The van der Waals surface area contributed by atoms with Crippen molar-refractivity contribution in [1.29, 1.82) is 0 Å². The van der Waals surface area contributed by atoms with E-state index in [1.165, 1.54) is 82.2 Å². The van der Waals surface area contributed by atoms with Gasteiger partial charge in [-0.15, -0.1) is 62.1 Å².